The lowest BCUT2D eigenvalue weighted by atomic mass is 9.68. The molecule has 4 aliphatic rings. The fourth-order valence-corrected chi connectivity index (χ4v) is 6.74. The van der Waals surface area contributed by atoms with E-state index in [9.17, 15) is 17.2 Å². The number of piperazine rings is 1. The summed E-state index contributed by atoms with van der Waals surface area (Å²) >= 11 is 0. The number of nitrogens with zero attached hydrogens (tertiary/aromatic N) is 4. The normalized spacial score (nSPS) is 26.0. The van der Waals surface area contributed by atoms with Crippen LogP contribution in [0.1, 0.15) is 46.1 Å². The molecule has 1 aliphatic carbocycles. The van der Waals surface area contributed by atoms with Crippen molar-refractivity contribution in [2.75, 3.05) is 51.8 Å². The van der Waals surface area contributed by atoms with Crippen LogP contribution in [0.4, 0.5) is 8.78 Å². The molecule has 0 aromatic heterocycles. The number of hydrazine groups is 1. The summed E-state index contributed by atoms with van der Waals surface area (Å²) in [7, 11) is -1.07. The SMILES string of the molecule is C=C.CC.C[C@H]1CC[C@](C)(C2=CC=NC(N3CCN(CCS(C)(=O)=O)CC3)N2)C2=C1C=C(c1c(F)cccc1F)NN2C. The van der Waals surface area contributed by atoms with Gasteiger partial charge >= 0.3 is 0 Å². The Morgan fingerprint density at radius 3 is 2.35 bits per heavy atom. The number of aliphatic imine (C=N–C) groups is 1. The smallest absolute Gasteiger partial charge is 0.176 e. The Hall–Kier alpha value is -3.02. The molecule has 0 spiro atoms. The standard InChI is InChI=1S/C28H38F2N6O2S.C2H6.C2H4/c1-19-8-10-28(2,26-20(19)18-23(33-34(26)3)25-21(29)6-5-7-22(25)30)24-9-11-31-27(32-24)36-14-12-35(13-15-36)16-17-39(4,37)38;2*1-2/h5-7,9,11,18-19,27,32-33H,8,10,12-17H2,1-4H3;1-2H3;1-2H2/t19-,27?,28+;;/m0../s1. The predicted molar refractivity (Wildman–Crippen MR) is 173 cm³/mol. The third kappa shape index (κ3) is 7.74. The zero-order chi connectivity index (χ0) is 31.9. The maximum absolute atomic E-state index is 14.6. The predicted octanol–water partition coefficient (Wildman–Crippen LogP) is 4.78. The van der Waals surface area contributed by atoms with Crippen LogP contribution in [-0.2, 0) is 9.84 Å². The Morgan fingerprint density at radius 1 is 1.12 bits per heavy atom. The van der Waals surface area contributed by atoms with Crippen LogP contribution >= 0.6 is 0 Å². The number of hydrogen-bond acceptors (Lipinski definition) is 8. The molecule has 1 aromatic rings. The molecule has 2 N–H and O–H groups in total. The molecule has 43 heavy (non-hydrogen) atoms. The van der Waals surface area contributed by atoms with E-state index in [0.717, 1.165) is 56.0 Å². The molecule has 1 saturated heterocycles. The molecule has 5 rings (SSSR count). The first-order valence-electron chi connectivity index (χ1n) is 15.0. The molecule has 0 bridgehead atoms. The Kier molecular flexibility index (Phi) is 11.7. The number of halogens is 2. The Labute approximate surface area is 256 Å². The first kappa shape index (κ1) is 34.5. The van der Waals surface area contributed by atoms with E-state index in [1.165, 1.54) is 24.5 Å². The van der Waals surface area contributed by atoms with Crippen molar-refractivity contribution in [3.05, 3.63) is 77.7 Å². The first-order chi connectivity index (χ1) is 20.5. The summed E-state index contributed by atoms with van der Waals surface area (Å²) in [6.45, 7) is 18.1. The molecular weight excluding hydrogens is 570 g/mol. The van der Waals surface area contributed by atoms with Gasteiger partial charge in [0.05, 0.1) is 17.0 Å². The van der Waals surface area contributed by atoms with Crippen LogP contribution in [0, 0.1) is 23.0 Å². The zero-order valence-electron chi connectivity index (χ0n) is 26.5. The highest BCUT2D eigenvalue weighted by Crippen LogP contribution is 2.50. The Morgan fingerprint density at radius 2 is 1.74 bits per heavy atom. The molecule has 3 atom stereocenters. The summed E-state index contributed by atoms with van der Waals surface area (Å²) in [5.74, 6) is -0.778. The summed E-state index contributed by atoms with van der Waals surface area (Å²) in [5, 5.41) is 5.59. The maximum Gasteiger partial charge on any atom is 0.176 e. The van der Waals surface area contributed by atoms with Gasteiger partial charge in [-0.1, -0.05) is 26.8 Å². The second-order valence-corrected chi connectivity index (χ2v) is 13.6. The average molecular weight is 619 g/mol. The number of hydrogen-bond donors (Lipinski definition) is 2. The van der Waals surface area contributed by atoms with Crippen LogP contribution in [0.2, 0.25) is 0 Å². The van der Waals surface area contributed by atoms with Crippen molar-refractivity contribution in [3.8, 4) is 0 Å². The minimum Gasteiger partial charge on any atom is -0.354 e. The minimum absolute atomic E-state index is 0.0479. The van der Waals surface area contributed by atoms with Crippen LogP contribution in [-0.4, -0.2) is 87.5 Å². The lowest BCUT2D eigenvalue weighted by Gasteiger charge is -2.49. The van der Waals surface area contributed by atoms with E-state index in [1.54, 1.807) is 0 Å². The van der Waals surface area contributed by atoms with Crippen LogP contribution < -0.4 is 10.7 Å². The summed E-state index contributed by atoms with van der Waals surface area (Å²) in [6.07, 6.45) is 8.72. The highest BCUT2D eigenvalue weighted by atomic mass is 32.2. The van der Waals surface area contributed by atoms with E-state index in [2.05, 4.69) is 47.5 Å². The number of nitrogens with one attached hydrogen (secondary N) is 2. The van der Waals surface area contributed by atoms with E-state index in [0.29, 0.717) is 12.2 Å². The summed E-state index contributed by atoms with van der Waals surface area (Å²) in [6, 6.07) is 3.93. The van der Waals surface area contributed by atoms with E-state index < -0.39 is 21.5 Å². The second-order valence-electron chi connectivity index (χ2n) is 11.3. The van der Waals surface area contributed by atoms with Crippen molar-refractivity contribution in [1.29, 1.82) is 0 Å². The third-order valence-corrected chi connectivity index (χ3v) is 9.36. The molecule has 238 valence electrons. The van der Waals surface area contributed by atoms with Crippen molar-refractivity contribution < 1.29 is 17.2 Å². The lowest BCUT2D eigenvalue weighted by Crippen LogP contribution is -2.56. The quantitative estimate of drug-likeness (QED) is 0.445. The van der Waals surface area contributed by atoms with E-state index in [1.807, 2.05) is 44.3 Å². The molecular formula is C32H48F2N6O2S. The molecule has 8 nitrogen and oxygen atoms in total. The van der Waals surface area contributed by atoms with Crippen molar-refractivity contribution in [1.82, 2.24) is 25.6 Å². The molecule has 1 aromatic carbocycles. The summed E-state index contributed by atoms with van der Waals surface area (Å²) in [5.41, 5.74) is 6.47. The monoisotopic (exact) mass is 618 g/mol. The second kappa shape index (κ2) is 14.6. The molecule has 1 fully saturated rings. The third-order valence-electron chi connectivity index (χ3n) is 8.44. The molecule has 3 aliphatic heterocycles. The van der Waals surface area contributed by atoms with Gasteiger partial charge in [-0.25, -0.2) is 17.2 Å². The van der Waals surface area contributed by atoms with Gasteiger partial charge in [-0.2, -0.15) is 0 Å². The van der Waals surface area contributed by atoms with Crippen LogP contribution in [0.15, 0.2) is 65.5 Å². The van der Waals surface area contributed by atoms with Gasteiger partial charge in [-0.3, -0.25) is 25.2 Å². The van der Waals surface area contributed by atoms with Gasteiger partial charge in [-0.15, -0.1) is 13.2 Å². The van der Waals surface area contributed by atoms with Crippen molar-refractivity contribution in [2.24, 2.45) is 16.3 Å². The average Bonchev–Trinajstić information content (AvgIpc) is 3.00. The highest BCUT2D eigenvalue weighted by Gasteiger charge is 2.44. The van der Waals surface area contributed by atoms with Crippen molar-refractivity contribution in [3.63, 3.8) is 0 Å². The van der Waals surface area contributed by atoms with Gasteiger partial charge in [0.1, 0.15) is 21.5 Å². The fourth-order valence-electron chi connectivity index (χ4n) is 6.15. The van der Waals surface area contributed by atoms with Crippen LogP contribution in [0.3, 0.4) is 0 Å². The Bertz CT molecular complexity index is 1350. The zero-order valence-corrected chi connectivity index (χ0v) is 27.3. The van der Waals surface area contributed by atoms with Crippen molar-refractivity contribution >= 4 is 21.7 Å². The molecule has 1 unspecified atom stereocenters. The number of rotatable bonds is 6. The van der Waals surface area contributed by atoms with E-state index in [4.69, 9.17) is 4.99 Å². The van der Waals surface area contributed by atoms with E-state index >= 15 is 0 Å². The van der Waals surface area contributed by atoms with Gasteiger partial charge in [0.15, 0.2) is 6.29 Å². The van der Waals surface area contributed by atoms with E-state index in [-0.39, 0.29) is 28.9 Å². The number of allylic oxidation sites excluding steroid dienone is 3. The molecule has 0 saturated carbocycles. The largest absolute Gasteiger partial charge is 0.354 e. The molecule has 0 amide bonds. The van der Waals surface area contributed by atoms with Gasteiger partial charge < -0.3 is 5.32 Å². The van der Waals surface area contributed by atoms with Crippen molar-refractivity contribution in [2.45, 2.75) is 46.8 Å². The fraction of sp³-hybridized carbons (Fsp3) is 0.531. The topological polar surface area (TPSA) is 80.3 Å². The minimum atomic E-state index is -2.98. The van der Waals surface area contributed by atoms with Gasteiger partial charge in [0, 0.05) is 69.1 Å². The van der Waals surface area contributed by atoms with Gasteiger partial charge in [0.2, 0.25) is 0 Å². The maximum atomic E-state index is 14.6. The lowest BCUT2D eigenvalue weighted by molar-refractivity contribution is 0.0868. The van der Waals surface area contributed by atoms with Crippen LogP contribution in [0.25, 0.3) is 5.70 Å². The molecule has 11 heteroatoms. The number of sulfone groups is 1. The van der Waals surface area contributed by atoms with Gasteiger partial charge in [-0.05, 0) is 55.5 Å². The number of benzene rings is 1. The molecule has 3 heterocycles. The van der Waals surface area contributed by atoms with Crippen LogP contribution in [0.5, 0.6) is 0 Å². The Balaban J connectivity index is 0.00000121. The highest BCUT2D eigenvalue weighted by molar-refractivity contribution is 7.90. The summed E-state index contributed by atoms with van der Waals surface area (Å²) in [4.78, 5) is 9.18. The first-order valence-corrected chi connectivity index (χ1v) is 17.1. The van der Waals surface area contributed by atoms with Gasteiger partial charge in [0.25, 0.3) is 0 Å². The summed E-state index contributed by atoms with van der Waals surface area (Å²) < 4.78 is 52.4. The molecule has 0 radical (unpaired) electrons.